The van der Waals surface area contributed by atoms with E-state index in [2.05, 4.69) is 0 Å². The van der Waals surface area contributed by atoms with E-state index in [9.17, 15) is 4.39 Å². The van der Waals surface area contributed by atoms with Gasteiger partial charge in [-0.3, -0.25) is 0 Å². The molecule has 0 saturated carbocycles. The van der Waals surface area contributed by atoms with E-state index in [1.54, 1.807) is 12.1 Å². The minimum absolute atomic E-state index is 0.176. The van der Waals surface area contributed by atoms with Gasteiger partial charge in [-0.2, -0.15) is 0 Å². The van der Waals surface area contributed by atoms with Crippen molar-refractivity contribution in [1.29, 1.82) is 0 Å². The van der Waals surface area contributed by atoms with E-state index in [-0.39, 0.29) is 5.82 Å². The van der Waals surface area contributed by atoms with Crippen molar-refractivity contribution in [1.82, 2.24) is 0 Å². The Kier molecular flexibility index (Phi) is 3.78. The topological polar surface area (TPSA) is 0 Å². The maximum absolute atomic E-state index is 13.3. The van der Waals surface area contributed by atoms with Gasteiger partial charge in [0.15, 0.2) is 0 Å². The molecule has 0 unspecified atom stereocenters. The molecule has 0 fully saturated rings. The fourth-order valence-corrected chi connectivity index (χ4v) is 2.00. The molecule has 0 radical (unpaired) electrons. The van der Waals surface area contributed by atoms with Crippen LogP contribution in [0.15, 0.2) is 64.9 Å². The molecule has 0 aliphatic heterocycles. The summed E-state index contributed by atoms with van der Waals surface area (Å²) in [5.41, 5.74) is 1.12. The average Bonchev–Trinajstić information content (AvgIpc) is 2.33. The van der Waals surface area contributed by atoms with Crippen LogP contribution in [-0.4, -0.2) is 0 Å². The van der Waals surface area contributed by atoms with Crippen LogP contribution in [0.5, 0.6) is 0 Å². The molecule has 0 aliphatic carbocycles. The summed E-state index contributed by atoms with van der Waals surface area (Å²) in [5.74, 6) is -0.176. The van der Waals surface area contributed by atoms with Gasteiger partial charge in [-0.05, 0) is 29.2 Å². The second kappa shape index (κ2) is 5.52. The molecule has 0 atom stereocenters. The van der Waals surface area contributed by atoms with E-state index in [4.69, 9.17) is 0 Å². The summed E-state index contributed by atoms with van der Waals surface area (Å²) in [6.07, 6.45) is 1.97. The summed E-state index contributed by atoms with van der Waals surface area (Å²) in [7, 11) is 0. The van der Waals surface area contributed by atoms with Crippen LogP contribution in [-0.2, 0) is 0 Å². The Balaban J connectivity index is 2.03. The Morgan fingerprint density at radius 1 is 0.875 bits per heavy atom. The molecule has 0 saturated heterocycles. The lowest BCUT2D eigenvalue weighted by molar-refractivity contribution is 0.602. The van der Waals surface area contributed by atoms with E-state index in [1.165, 1.54) is 17.8 Å². The molecule has 0 N–H and O–H groups in total. The first-order valence-corrected chi connectivity index (χ1v) is 5.87. The van der Waals surface area contributed by atoms with E-state index in [0.717, 1.165) is 5.56 Å². The van der Waals surface area contributed by atoms with Crippen LogP contribution in [0.1, 0.15) is 5.56 Å². The maximum Gasteiger partial charge on any atom is 0.137 e. The Hall–Kier alpha value is -1.54. The van der Waals surface area contributed by atoms with Crippen molar-refractivity contribution in [2.45, 2.75) is 4.90 Å². The van der Waals surface area contributed by atoms with Crippen molar-refractivity contribution in [3.05, 3.63) is 71.4 Å². The number of halogens is 1. The van der Waals surface area contributed by atoms with Crippen molar-refractivity contribution < 1.29 is 4.39 Å². The van der Waals surface area contributed by atoms with Gasteiger partial charge in [0, 0.05) is 4.90 Å². The predicted octanol–water partition coefficient (Wildman–Crippen LogP) is 4.59. The second-order valence-electron chi connectivity index (χ2n) is 3.26. The molecule has 0 nitrogen and oxygen atoms in total. The quantitative estimate of drug-likeness (QED) is 0.695. The van der Waals surface area contributed by atoms with Crippen molar-refractivity contribution in [3.8, 4) is 0 Å². The van der Waals surface area contributed by atoms with Gasteiger partial charge in [0.05, 0.1) is 0 Å². The monoisotopic (exact) mass is 230 g/mol. The van der Waals surface area contributed by atoms with Crippen molar-refractivity contribution in [2.24, 2.45) is 0 Å². The fraction of sp³-hybridized carbons (Fsp3) is 0. The number of benzene rings is 2. The summed E-state index contributed by atoms with van der Waals surface area (Å²) in [5, 5.41) is 1.90. The van der Waals surface area contributed by atoms with Crippen molar-refractivity contribution >= 4 is 17.8 Å². The minimum atomic E-state index is -0.176. The van der Waals surface area contributed by atoms with Crippen LogP contribution in [0.4, 0.5) is 4.39 Å². The normalized spacial score (nSPS) is 10.8. The van der Waals surface area contributed by atoms with E-state index < -0.39 is 0 Å². The fourth-order valence-electron chi connectivity index (χ4n) is 1.29. The van der Waals surface area contributed by atoms with Gasteiger partial charge >= 0.3 is 0 Å². The highest BCUT2D eigenvalue weighted by atomic mass is 32.2. The minimum Gasteiger partial charge on any atom is -0.206 e. The summed E-state index contributed by atoms with van der Waals surface area (Å²) in [4.78, 5) is 0.648. The van der Waals surface area contributed by atoms with Crippen LogP contribution in [0.3, 0.4) is 0 Å². The van der Waals surface area contributed by atoms with Crippen LogP contribution >= 0.6 is 11.8 Å². The molecular formula is C14H11FS. The zero-order chi connectivity index (χ0) is 11.2. The molecule has 2 aromatic rings. The van der Waals surface area contributed by atoms with Gasteiger partial charge in [0.1, 0.15) is 5.82 Å². The Labute approximate surface area is 98.8 Å². The zero-order valence-corrected chi connectivity index (χ0v) is 9.45. The zero-order valence-electron chi connectivity index (χ0n) is 8.64. The standard InChI is InChI=1S/C14H11FS/c15-13-8-4-5-9-14(13)16-11-10-12-6-2-1-3-7-12/h1-11H/b11-10-. The lowest BCUT2D eigenvalue weighted by Crippen LogP contribution is -1.76. The molecule has 0 bridgehead atoms. The van der Waals surface area contributed by atoms with E-state index >= 15 is 0 Å². The maximum atomic E-state index is 13.3. The van der Waals surface area contributed by atoms with Gasteiger partial charge in [-0.1, -0.05) is 54.2 Å². The first-order valence-electron chi connectivity index (χ1n) is 4.99. The van der Waals surface area contributed by atoms with Gasteiger partial charge in [-0.25, -0.2) is 4.39 Å². The summed E-state index contributed by atoms with van der Waals surface area (Å²) in [6.45, 7) is 0. The molecule has 80 valence electrons. The van der Waals surface area contributed by atoms with E-state index in [1.807, 2.05) is 47.9 Å². The molecule has 0 spiro atoms. The molecule has 2 aromatic carbocycles. The molecule has 16 heavy (non-hydrogen) atoms. The summed E-state index contributed by atoms with van der Waals surface area (Å²) in [6, 6.07) is 16.7. The Bertz CT molecular complexity index is 477. The van der Waals surface area contributed by atoms with Crippen molar-refractivity contribution in [2.75, 3.05) is 0 Å². The first kappa shape index (κ1) is 11.0. The third-order valence-corrected chi connectivity index (χ3v) is 2.95. The predicted molar refractivity (Wildman–Crippen MR) is 67.7 cm³/mol. The number of thioether (sulfide) groups is 1. The third-order valence-electron chi connectivity index (χ3n) is 2.09. The molecule has 0 amide bonds. The molecule has 0 heterocycles. The number of hydrogen-bond acceptors (Lipinski definition) is 1. The summed E-state index contributed by atoms with van der Waals surface area (Å²) < 4.78 is 13.3. The van der Waals surface area contributed by atoms with Gasteiger partial charge in [0.2, 0.25) is 0 Å². The van der Waals surface area contributed by atoms with Gasteiger partial charge in [-0.15, -0.1) is 0 Å². The molecule has 0 aliphatic rings. The van der Waals surface area contributed by atoms with Gasteiger partial charge in [0.25, 0.3) is 0 Å². The number of rotatable bonds is 3. The first-order chi connectivity index (χ1) is 7.86. The average molecular weight is 230 g/mol. The Morgan fingerprint density at radius 3 is 2.31 bits per heavy atom. The lowest BCUT2D eigenvalue weighted by Gasteiger charge is -1.97. The lowest BCUT2D eigenvalue weighted by atomic mass is 10.2. The van der Waals surface area contributed by atoms with Gasteiger partial charge < -0.3 is 0 Å². The van der Waals surface area contributed by atoms with Crippen LogP contribution in [0.2, 0.25) is 0 Å². The van der Waals surface area contributed by atoms with E-state index in [0.29, 0.717) is 4.90 Å². The Morgan fingerprint density at radius 2 is 1.56 bits per heavy atom. The SMILES string of the molecule is Fc1ccccc1S/C=C\c1ccccc1. The molecular weight excluding hydrogens is 219 g/mol. The van der Waals surface area contributed by atoms with Crippen LogP contribution < -0.4 is 0 Å². The third kappa shape index (κ3) is 2.97. The highest BCUT2D eigenvalue weighted by molar-refractivity contribution is 8.02. The molecule has 0 aromatic heterocycles. The summed E-state index contributed by atoms with van der Waals surface area (Å²) >= 11 is 1.39. The van der Waals surface area contributed by atoms with Crippen molar-refractivity contribution in [3.63, 3.8) is 0 Å². The van der Waals surface area contributed by atoms with Crippen LogP contribution in [0, 0.1) is 5.82 Å². The highest BCUT2D eigenvalue weighted by Crippen LogP contribution is 2.22. The van der Waals surface area contributed by atoms with Crippen LogP contribution in [0.25, 0.3) is 6.08 Å². The second-order valence-corrected chi connectivity index (χ2v) is 4.21. The molecule has 2 heteroatoms. The smallest absolute Gasteiger partial charge is 0.137 e. The molecule has 2 rings (SSSR count). The highest BCUT2D eigenvalue weighted by Gasteiger charge is 1.97. The number of hydrogen-bond donors (Lipinski definition) is 0. The largest absolute Gasteiger partial charge is 0.206 e.